The number of para-hydroxylation sites is 4. The average Bonchev–Trinajstić information content (AvgIpc) is 1.60. The quantitative estimate of drug-likeness (QED) is 0.131. The second kappa shape index (κ2) is 31.0. The Morgan fingerprint density at radius 2 is 0.669 bits per heavy atom. The summed E-state index contributed by atoms with van der Waals surface area (Å²) in [7, 11) is 8.08. The van der Waals surface area contributed by atoms with Gasteiger partial charge in [0.25, 0.3) is 0 Å². The van der Waals surface area contributed by atoms with Crippen LogP contribution < -0.4 is 18.3 Å². The SMILES string of the molecule is [2H]C([2H])([2H])C([2H])(C)c1cc[n+](C)c(-c2cc3c(cc2C)oc2nc4ccccc4cc23)c1.[2H]C([2H])(c1cc[n+](C)c(-c2cc3c(cc2C)oc2nc4ccccc4cc23)c1)C(C)C.[2H]C1(c2cc[n+](C)c(-c3cc4c(cc3C)oc3nc5ccccc5cc34)c2)CCCC1.[2H]C1(c2cc[n+](C)c(-c3cc4c(cc3C)oc3nc5ccccc5cc34)c2)CCCCC1. The number of fused-ring (bicyclic) bond motifs is 16. The predicted octanol–water partition coefficient (Wildman–Crippen LogP) is 25.8. The Hall–Kier alpha value is -12.8. The summed E-state index contributed by atoms with van der Waals surface area (Å²) in [5.74, 6) is -2.75. The number of aromatic nitrogens is 8. The number of hydrogen-bond acceptors (Lipinski definition) is 8. The van der Waals surface area contributed by atoms with Gasteiger partial charge in [-0.1, -0.05) is 133 Å². The van der Waals surface area contributed by atoms with Crippen molar-refractivity contribution in [1.29, 1.82) is 0 Å². The van der Waals surface area contributed by atoms with Crippen molar-refractivity contribution in [3.8, 4) is 45.0 Å². The summed E-state index contributed by atoms with van der Waals surface area (Å²) in [6.45, 7) is 11.2. The molecule has 8 aromatic carbocycles. The van der Waals surface area contributed by atoms with E-state index in [4.69, 9.17) is 43.6 Å². The predicted molar refractivity (Wildman–Crippen MR) is 481 cm³/mol. The third kappa shape index (κ3) is 14.3. The topological polar surface area (TPSA) is 120 Å². The molecule has 12 heteroatoms. The minimum absolute atomic E-state index is 0.117. The van der Waals surface area contributed by atoms with Gasteiger partial charge in [0, 0.05) is 146 Å². The van der Waals surface area contributed by atoms with Gasteiger partial charge in [-0.25, -0.2) is 38.2 Å². The highest BCUT2D eigenvalue weighted by Crippen LogP contribution is 2.43. The Labute approximate surface area is 699 Å². The van der Waals surface area contributed by atoms with Crippen molar-refractivity contribution in [1.82, 2.24) is 19.9 Å². The molecule has 1 atom stereocenters. The molecule has 22 rings (SSSR count). The summed E-state index contributed by atoms with van der Waals surface area (Å²) in [4.78, 5) is 18.9. The lowest BCUT2D eigenvalue weighted by Gasteiger charge is -2.21. The van der Waals surface area contributed by atoms with E-state index in [1.165, 1.54) is 24.5 Å². The van der Waals surface area contributed by atoms with Gasteiger partial charge in [0.15, 0.2) is 24.8 Å². The highest BCUT2D eigenvalue weighted by atomic mass is 16.4. The van der Waals surface area contributed by atoms with Gasteiger partial charge >= 0.3 is 0 Å². The smallest absolute Gasteiger partial charge is 0.227 e. The molecule has 0 radical (unpaired) electrons. The zero-order valence-corrected chi connectivity index (χ0v) is 68.7. The lowest BCUT2D eigenvalue weighted by Crippen LogP contribution is -2.31. The van der Waals surface area contributed by atoms with E-state index in [0.29, 0.717) is 34.0 Å². The first-order valence-corrected chi connectivity index (χ1v) is 41.3. The molecule has 0 bridgehead atoms. The average molecular weight is 1560 g/mol. The first-order chi connectivity index (χ1) is 60.3. The molecule has 0 saturated heterocycles. The molecule has 0 aliphatic heterocycles. The van der Waals surface area contributed by atoms with Crippen molar-refractivity contribution in [3.05, 3.63) is 288 Å². The summed E-state index contributed by atoms with van der Waals surface area (Å²) in [6.07, 6.45) is 16.2. The van der Waals surface area contributed by atoms with Gasteiger partial charge in [0.1, 0.15) is 50.5 Å². The molecule has 1 unspecified atom stereocenters. The minimum Gasteiger partial charge on any atom is -0.438 e. The Morgan fingerprint density at radius 1 is 0.364 bits per heavy atom. The van der Waals surface area contributed by atoms with E-state index in [9.17, 15) is 0 Å². The summed E-state index contributed by atoms with van der Waals surface area (Å²) < 4.78 is 99.8. The Morgan fingerprint density at radius 3 is 1.01 bits per heavy atom. The second-order valence-electron chi connectivity index (χ2n) is 32.7. The monoisotopic (exact) mass is 1560 g/mol. The molecule has 2 aliphatic rings. The van der Waals surface area contributed by atoms with Crippen molar-refractivity contribution in [3.63, 3.8) is 0 Å². The van der Waals surface area contributed by atoms with Crippen LogP contribution >= 0.6 is 0 Å². The van der Waals surface area contributed by atoms with E-state index < -0.39 is 30.9 Å². The van der Waals surface area contributed by atoms with Crippen molar-refractivity contribution >= 4 is 132 Å². The maximum absolute atomic E-state index is 9.10. The molecule has 20 aromatic rings. The third-order valence-corrected chi connectivity index (χ3v) is 24.1. The minimum atomic E-state index is -2.43. The van der Waals surface area contributed by atoms with E-state index >= 15 is 0 Å². The first kappa shape index (κ1) is 66.4. The van der Waals surface area contributed by atoms with E-state index in [2.05, 4.69) is 171 Å². The van der Waals surface area contributed by atoms with E-state index in [1.54, 1.807) is 6.07 Å². The molecule has 12 aromatic heterocycles. The number of nitrogens with zero attached hydrogens (tertiary/aromatic N) is 8. The van der Waals surface area contributed by atoms with Crippen LogP contribution in [0.5, 0.6) is 0 Å². The summed E-state index contributed by atoms with van der Waals surface area (Å²) in [5.41, 5.74) is 25.9. The second-order valence-corrected chi connectivity index (χ2v) is 32.7. The fraction of sp³-hybridized carbons (Fsp3) is 0.245. The number of benzene rings is 8. The van der Waals surface area contributed by atoms with Crippen molar-refractivity contribution in [2.45, 2.75) is 137 Å². The van der Waals surface area contributed by atoms with Crippen LogP contribution in [0.4, 0.5) is 0 Å². The van der Waals surface area contributed by atoms with Crippen LogP contribution in [-0.4, -0.2) is 19.9 Å². The zero-order chi connectivity index (χ0) is 87.8. The summed E-state index contributed by atoms with van der Waals surface area (Å²) >= 11 is 0. The molecule has 2 fully saturated rings. The molecular weight excluding hydrogens is 1450 g/mol. The number of pyridine rings is 8. The standard InChI is InChI=1S/C28H27N2O.C27H25N2O.C26H25N2O.C25H23N2O/c1-18-14-27-23(24-15-21-10-6-7-11-25(21)29-28(24)31-27)17-22(18)26-16-20(12-13-30(26)2)19-8-4-3-5-9-19;1-17-13-26-22(23-14-20-9-5-6-10-24(20)28-27(23)30-26)16-21(17)25-15-19(11-12-29(25)2)18-7-3-4-8-18;1-16(2)11-18-9-10-28(4)24(13-18)20-15-21-22-14-19-7-5-6-8-23(19)27-26(22)29-25(21)12-17(20)3;1-15(2)17-9-10-27(4)23(13-17)19-14-20-21-12-18-7-5-6-8-22(18)26-25(21)28-24(20)11-16(19)3/h6-7,10-17,19H,3-5,8-9H2,1-2H3;5-6,9-16,18H,3-4,7-8H2,1-2H3;5-10,12-16H,11H2,1-4H3;5-15H,1-4H3/q4*+1/i19D;18D;11D2;1D3,15D. The highest BCUT2D eigenvalue weighted by molar-refractivity contribution is 6.12. The van der Waals surface area contributed by atoms with E-state index in [-0.39, 0.29) is 5.92 Å². The molecule has 0 spiro atoms. The van der Waals surface area contributed by atoms with Crippen LogP contribution in [0.15, 0.2) is 261 Å². The van der Waals surface area contributed by atoms with Crippen molar-refractivity contribution in [2.75, 3.05) is 0 Å². The van der Waals surface area contributed by atoms with Gasteiger partial charge in [0.2, 0.25) is 45.6 Å². The summed E-state index contributed by atoms with van der Waals surface area (Å²) in [6, 6.07) is 74.0. The van der Waals surface area contributed by atoms with Crippen LogP contribution in [0.1, 0.15) is 159 Å². The highest BCUT2D eigenvalue weighted by Gasteiger charge is 2.27. The van der Waals surface area contributed by atoms with E-state index in [0.717, 1.165) is 228 Å². The number of aryl methyl sites for hydroxylation is 8. The molecular formula is C106H100N8O4+4. The van der Waals surface area contributed by atoms with Crippen LogP contribution in [0.2, 0.25) is 0 Å². The molecule has 0 N–H and O–H groups in total. The van der Waals surface area contributed by atoms with Crippen LogP contribution in [0.25, 0.3) is 177 Å². The fourth-order valence-electron chi connectivity index (χ4n) is 17.7. The van der Waals surface area contributed by atoms with Crippen molar-refractivity contribution < 1.29 is 46.9 Å². The lowest BCUT2D eigenvalue weighted by molar-refractivity contribution is -0.660. The van der Waals surface area contributed by atoms with E-state index in [1.807, 2.05) is 160 Å². The molecule has 12 heterocycles. The normalized spacial score (nSPS) is 15.8. The van der Waals surface area contributed by atoms with Gasteiger partial charge < -0.3 is 17.7 Å². The molecule has 2 aliphatic carbocycles. The zero-order valence-electron chi connectivity index (χ0n) is 76.7. The lowest BCUT2D eigenvalue weighted by atomic mass is 9.84. The maximum Gasteiger partial charge on any atom is 0.227 e. The van der Waals surface area contributed by atoms with Gasteiger partial charge in [-0.05, 0) is 225 Å². The molecule has 12 nitrogen and oxygen atoms in total. The van der Waals surface area contributed by atoms with Crippen LogP contribution in [0, 0.1) is 33.6 Å². The van der Waals surface area contributed by atoms with Gasteiger partial charge in [-0.2, -0.15) is 0 Å². The van der Waals surface area contributed by atoms with Gasteiger partial charge in [-0.3, -0.25) is 0 Å². The van der Waals surface area contributed by atoms with Crippen molar-refractivity contribution in [2.24, 2.45) is 34.1 Å². The van der Waals surface area contributed by atoms with Gasteiger partial charge in [-0.15, -0.1) is 0 Å². The summed E-state index contributed by atoms with van der Waals surface area (Å²) in [5, 5.41) is 12.5. The Kier molecular flexibility index (Phi) is 17.4. The molecule has 584 valence electrons. The Bertz CT molecular complexity index is 7570. The van der Waals surface area contributed by atoms with Crippen LogP contribution in [-0.2, 0) is 34.6 Å². The molecule has 2 saturated carbocycles. The number of hydrogen-bond donors (Lipinski definition) is 0. The number of furan rings is 4. The molecule has 118 heavy (non-hydrogen) atoms. The number of rotatable bonds is 9. The van der Waals surface area contributed by atoms with Gasteiger partial charge in [0.05, 0.1) is 22.1 Å². The molecule has 0 amide bonds. The maximum atomic E-state index is 9.10. The Balaban J connectivity index is 0.000000110. The first-order valence-electron chi connectivity index (χ1n) is 45.3. The third-order valence-electron chi connectivity index (χ3n) is 24.1. The fourth-order valence-corrected chi connectivity index (χ4v) is 17.7. The van der Waals surface area contributed by atoms with Crippen LogP contribution in [0.3, 0.4) is 0 Å². The largest absolute Gasteiger partial charge is 0.438 e.